The number of hydrogen-bond acceptors (Lipinski definition) is 9. The Morgan fingerprint density at radius 3 is 2.73 bits per heavy atom. The third-order valence-electron chi connectivity index (χ3n) is 5.67. The van der Waals surface area contributed by atoms with Crippen molar-refractivity contribution in [2.45, 2.75) is 13.3 Å². The van der Waals surface area contributed by atoms with Crippen LogP contribution in [0.2, 0.25) is 0 Å². The Kier molecular flexibility index (Phi) is 5.17. The summed E-state index contributed by atoms with van der Waals surface area (Å²) in [4.78, 5) is 52.1. The van der Waals surface area contributed by atoms with Gasteiger partial charge in [0.05, 0.1) is 11.3 Å². The number of carboxylic acids is 1. The van der Waals surface area contributed by atoms with E-state index in [-0.39, 0.29) is 29.1 Å². The van der Waals surface area contributed by atoms with Crippen molar-refractivity contribution in [1.82, 2.24) is 23.9 Å². The Morgan fingerprint density at radius 2 is 2.06 bits per heavy atom. The van der Waals surface area contributed by atoms with Crippen LogP contribution >= 0.6 is 11.5 Å². The second kappa shape index (κ2) is 8.17. The molecule has 4 aromatic rings. The van der Waals surface area contributed by atoms with Crippen molar-refractivity contribution in [2.24, 2.45) is 5.92 Å². The molecular formula is C22H18N6O4S. The molecular weight excluding hydrogens is 444 g/mol. The molecule has 1 aliphatic rings. The van der Waals surface area contributed by atoms with Crippen LogP contribution in [0.15, 0.2) is 47.8 Å². The van der Waals surface area contributed by atoms with Crippen LogP contribution in [0.5, 0.6) is 0 Å². The van der Waals surface area contributed by atoms with E-state index in [4.69, 9.17) is 0 Å². The van der Waals surface area contributed by atoms with Crippen molar-refractivity contribution in [3.8, 4) is 5.13 Å². The van der Waals surface area contributed by atoms with E-state index in [0.29, 0.717) is 35.2 Å². The lowest BCUT2D eigenvalue weighted by atomic mass is 9.92. The lowest BCUT2D eigenvalue weighted by Crippen LogP contribution is -2.51. The molecule has 0 aliphatic carbocycles. The first kappa shape index (κ1) is 20.9. The maximum absolute atomic E-state index is 12.9. The smallest absolute Gasteiger partial charge is 0.341 e. The van der Waals surface area contributed by atoms with Gasteiger partial charge in [-0.15, -0.1) is 0 Å². The molecule has 0 atom stereocenters. The highest BCUT2D eigenvalue weighted by Crippen LogP contribution is 2.29. The van der Waals surface area contributed by atoms with Crippen molar-refractivity contribution in [1.29, 1.82) is 0 Å². The Balaban J connectivity index is 1.48. The van der Waals surface area contributed by atoms with Crippen molar-refractivity contribution in [3.05, 3.63) is 70.0 Å². The summed E-state index contributed by atoms with van der Waals surface area (Å²) < 4.78 is 5.46. The second-order valence-corrected chi connectivity index (χ2v) is 8.59. The molecule has 5 heterocycles. The number of fused-ring (bicyclic) bond motifs is 1. The molecule has 0 unspecified atom stereocenters. The maximum atomic E-state index is 12.9. The molecule has 33 heavy (non-hydrogen) atoms. The monoisotopic (exact) mass is 462 g/mol. The van der Waals surface area contributed by atoms with Crippen LogP contribution in [0.25, 0.3) is 16.2 Å². The van der Waals surface area contributed by atoms with Crippen molar-refractivity contribution < 1.29 is 14.7 Å². The van der Waals surface area contributed by atoms with Gasteiger partial charge in [-0.3, -0.25) is 19.1 Å². The zero-order valence-electron chi connectivity index (χ0n) is 17.5. The molecule has 1 fully saturated rings. The number of rotatable bonds is 6. The summed E-state index contributed by atoms with van der Waals surface area (Å²) in [6.45, 7) is 2.77. The fraction of sp³-hybridized carbons (Fsp3) is 0.227. The molecule has 0 aromatic carbocycles. The second-order valence-electron chi connectivity index (χ2n) is 7.83. The van der Waals surface area contributed by atoms with Crippen LogP contribution in [0.1, 0.15) is 21.6 Å². The molecule has 0 spiro atoms. The Bertz CT molecular complexity index is 1430. The van der Waals surface area contributed by atoms with Crippen LogP contribution in [0.4, 0.5) is 5.82 Å². The van der Waals surface area contributed by atoms with Crippen molar-refractivity contribution >= 4 is 40.1 Å². The third kappa shape index (κ3) is 3.76. The molecule has 1 aliphatic heterocycles. The standard InChI is InChI=1S/C22H18N6O4S/c1-12-6-17(27-8-13(9-27)16(29)7-14-4-2-3-5-23-14)26-20-18(12)19(30)15(21(31)32)10-28(20)22-24-11-25-33-22/h2-6,10-11,13H,7-9H2,1H3,(H,31,32). The number of hydrogen-bond donors (Lipinski definition) is 1. The van der Waals surface area contributed by atoms with Gasteiger partial charge in [-0.2, -0.15) is 4.37 Å². The Labute approximate surface area is 191 Å². The summed E-state index contributed by atoms with van der Waals surface area (Å²) in [5.41, 5.74) is 0.696. The average molecular weight is 462 g/mol. The predicted molar refractivity (Wildman–Crippen MR) is 121 cm³/mol. The number of aromatic nitrogens is 5. The van der Waals surface area contributed by atoms with Gasteiger partial charge < -0.3 is 10.0 Å². The molecule has 0 saturated carbocycles. The summed E-state index contributed by atoms with van der Waals surface area (Å²) in [7, 11) is 0. The summed E-state index contributed by atoms with van der Waals surface area (Å²) in [5, 5.41) is 10.1. The number of aromatic carboxylic acids is 1. The molecule has 1 N–H and O–H groups in total. The number of anilines is 1. The van der Waals surface area contributed by atoms with E-state index < -0.39 is 11.4 Å². The quantitative estimate of drug-likeness (QED) is 0.456. The third-order valence-corrected chi connectivity index (χ3v) is 6.34. The zero-order valence-corrected chi connectivity index (χ0v) is 18.3. The fourth-order valence-electron chi connectivity index (χ4n) is 3.91. The first-order chi connectivity index (χ1) is 15.9. The minimum Gasteiger partial charge on any atom is -0.477 e. The van der Waals surface area contributed by atoms with E-state index in [9.17, 15) is 19.5 Å². The van der Waals surface area contributed by atoms with Gasteiger partial charge in [0.1, 0.15) is 23.5 Å². The van der Waals surface area contributed by atoms with Crippen molar-refractivity contribution in [3.63, 3.8) is 0 Å². The number of carbonyl (C=O) groups excluding carboxylic acids is 1. The highest BCUT2D eigenvalue weighted by atomic mass is 32.1. The molecule has 1 saturated heterocycles. The summed E-state index contributed by atoms with van der Waals surface area (Å²) in [6, 6.07) is 7.26. The molecule has 0 radical (unpaired) electrons. The number of carboxylic acid groups (broad SMARTS) is 1. The van der Waals surface area contributed by atoms with Gasteiger partial charge in [0.15, 0.2) is 5.65 Å². The minimum atomic E-state index is -1.32. The molecule has 10 nitrogen and oxygen atoms in total. The first-order valence-electron chi connectivity index (χ1n) is 10.2. The van der Waals surface area contributed by atoms with Gasteiger partial charge in [0.2, 0.25) is 10.6 Å². The fourth-order valence-corrected chi connectivity index (χ4v) is 4.42. The van der Waals surface area contributed by atoms with Crippen LogP contribution in [-0.4, -0.2) is 53.8 Å². The SMILES string of the molecule is Cc1cc(N2CC(C(=O)Cc3ccccn3)C2)nc2c1c(=O)c(C(=O)O)cn2-c1ncns1. The van der Waals surface area contributed by atoms with E-state index in [2.05, 4.69) is 19.3 Å². The van der Waals surface area contributed by atoms with Gasteiger partial charge in [0, 0.05) is 49.1 Å². The number of carbonyl (C=O) groups is 2. The zero-order chi connectivity index (χ0) is 23.1. The maximum Gasteiger partial charge on any atom is 0.341 e. The van der Waals surface area contributed by atoms with Gasteiger partial charge in [0.25, 0.3) is 0 Å². The summed E-state index contributed by atoms with van der Waals surface area (Å²) >= 11 is 1.06. The van der Waals surface area contributed by atoms with Crippen LogP contribution in [0, 0.1) is 12.8 Å². The number of nitrogens with zero attached hydrogens (tertiary/aromatic N) is 6. The topological polar surface area (TPSA) is 131 Å². The largest absolute Gasteiger partial charge is 0.477 e. The lowest BCUT2D eigenvalue weighted by molar-refractivity contribution is -0.123. The van der Waals surface area contributed by atoms with E-state index in [0.717, 1.165) is 17.2 Å². The molecule has 11 heteroatoms. The average Bonchev–Trinajstić information content (AvgIpc) is 3.28. The predicted octanol–water partition coefficient (Wildman–Crippen LogP) is 1.89. The minimum absolute atomic E-state index is 0.121. The molecule has 166 valence electrons. The van der Waals surface area contributed by atoms with Gasteiger partial charge in [-0.05, 0) is 30.7 Å². The van der Waals surface area contributed by atoms with Gasteiger partial charge >= 0.3 is 5.97 Å². The van der Waals surface area contributed by atoms with Gasteiger partial charge in [-0.1, -0.05) is 6.07 Å². The number of Topliss-reactive ketones (excluding diaryl/α,β-unsaturated/α-hetero) is 1. The number of aryl methyl sites for hydroxylation is 1. The van der Waals surface area contributed by atoms with Crippen molar-refractivity contribution in [2.75, 3.05) is 18.0 Å². The molecule has 5 rings (SSSR count). The molecule has 0 bridgehead atoms. The molecule has 4 aromatic heterocycles. The van der Waals surface area contributed by atoms with Gasteiger partial charge in [-0.25, -0.2) is 14.8 Å². The van der Waals surface area contributed by atoms with Crippen LogP contribution in [-0.2, 0) is 11.2 Å². The highest BCUT2D eigenvalue weighted by Gasteiger charge is 2.34. The van der Waals surface area contributed by atoms with E-state index in [1.165, 1.54) is 17.1 Å². The Hall–Kier alpha value is -3.99. The van der Waals surface area contributed by atoms with E-state index >= 15 is 0 Å². The van der Waals surface area contributed by atoms with Crippen LogP contribution in [0.3, 0.4) is 0 Å². The summed E-state index contributed by atoms with van der Waals surface area (Å²) in [6.07, 6.45) is 4.55. The van der Waals surface area contributed by atoms with E-state index in [1.807, 2.05) is 23.1 Å². The first-order valence-corrected chi connectivity index (χ1v) is 10.9. The van der Waals surface area contributed by atoms with Crippen LogP contribution < -0.4 is 10.3 Å². The number of ketones is 1. The lowest BCUT2D eigenvalue weighted by Gasteiger charge is -2.39. The highest BCUT2D eigenvalue weighted by molar-refractivity contribution is 7.08. The normalized spacial score (nSPS) is 13.8. The molecule has 0 amide bonds. The van der Waals surface area contributed by atoms with E-state index in [1.54, 1.807) is 19.2 Å². The Morgan fingerprint density at radius 1 is 1.24 bits per heavy atom. The summed E-state index contributed by atoms with van der Waals surface area (Å²) in [5.74, 6) is -0.702. The number of pyridine rings is 3.